The van der Waals surface area contributed by atoms with Crippen LogP contribution < -0.4 is 0 Å². The zero-order chi connectivity index (χ0) is 21.5. The summed E-state index contributed by atoms with van der Waals surface area (Å²) >= 11 is 0.990. The zero-order valence-corrected chi connectivity index (χ0v) is 17.8. The Balaban J connectivity index is 1.62. The number of nitrogens with zero attached hydrogens (tertiary/aromatic N) is 3. The maximum absolute atomic E-state index is 13.7. The number of thioether (sulfide) groups is 1. The van der Waals surface area contributed by atoms with E-state index in [-0.39, 0.29) is 34.8 Å². The molecule has 4 nitrogen and oxygen atoms in total. The van der Waals surface area contributed by atoms with Crippen LogP contribution in [0, 0.1) is 5.92 Å². The van der Waals surface area contributed by atoms with Crippen LogP contribution in [0.3, 0.4) is 0 Å². The number of hydrogen-bond donors (Lipinski definition) is 0. The van der Waals surface area contributed by atoms with Crippen molar-refractivity contribution in [2.75, 3.05) is 12.3 Å². The average molecular weight is 436 g/mol. The SMILES string of the molecule is C[C@H]1CC[C@H](C)N(C(=O)CSc2nc3c(c(C(F)(F)F)n2)CCc2ccccc2-3)C1. The quantitative estimate of drug-likeness (QED) is 0.503. The largest absolute Gasteiger partial charge is 0.433 e. The molecule has 1 fully saturated rings. The highest BCUT2D eigenvalue weighted by molar-refractivity contribution is 7.99. The van der Waals surface area contributed by atoms with Gasteiger partial charge in [-0.3, -0.25) is 4.79 Å². The Morgan fingerprint density at radius 3 is 2.70 bits per heavy atom. The summed E-state index contributed by atoms with van der Waals surface area (Å²) in [5.74, 6) is 0.396. The van der Waals surface area contributed by atoms with Crippen LogP contribution in [0.5, 0.6) is 0 Å². The third-order valence-electron chi connectivity index (χ3n) is 5.93. The summed E-state index contributed by atoms with van der Waals surface area (Å²) < 4.78 is 41.2. The van der Waals surface area contributed by atoms with Crippen LogP contribution >= 0.6 is 11.8 Å². The van der Waals surface area contributed by atoms with E-state index in [1.54, 1.807) is 12.1 Å². The molecule has 2 aromatic rings. The van der Waals surface area contributed by atoms with Gasteiger partial charge >= 0.3 is 6.18 Å². The summed E-state index contributed by atoms with van der Waals surface area (Å²) in [6.07, 6.45) is -1.74. The number of amides is 1. The number of aryl methyl sites for hydroxylation is 1. The topological polar surface area (TPSA) is 46.1 Å². The van der Waals surface area contributed by atoms with Crippen molar-refractivity contribution in [1.29, 1.82) is 0 Å². The number of fused-ring (bicyclic) bond motifs is 3. The van der Waals surface area contributed by atoms with Gasteiger partial charge in [-0.05, 0) is 44.1 Å². The first-order valence-corrected chi connectivity index (χ1v) is 11.2. The van der Waals surface area contributed by atoms with Gasteiger partial charge in [-0.2, -0.15) is 13.2 Å². The lowest BCUT2D eigenvalue weighted by Crippen LogP contribution is -2.45. The molecular weight excluding hydrogens is 411 g/mol. The molecule has 8 heteroatoms. The number of halogens is 3. The first kappa shape index (κ1) is 21.2. The van der Waals surface area contributed by atoms with E-state index >= 15 is 0 Å². The molecule has 0 N–H and O–H groups in total. The van der Waals surface area contributed by atoms with Crippen molar-refractivity contribution >= 4 is 17.7 Å². The van der Waals surface area contributed by atoms with Gasteiger partial charge in [0.2, 0.25) is 5.91 Å². The van der Waals surface area contributed by atoms with Crippen LogP contribution in [0.25, 0.3) is 11.3 Å². The first-order valence-electron chi connectivity index (χ1n) is 10.2. The molecule has 1 aromatic heterocycles. The molecule has 30 heavy (non-hydrogen) atoms. The maximum Gasteiger partial charge on any atom is 0.433 e. The predicted molar refractivity (Wildman–Crippen MR) is 110 cm³/mol. The minimum atomic E-state index is -4.56. The van der Waals surface area contributed by atoms with Crippen molar-refractivity contribution in [2.24, 2.45) is 5.92 Å². The Hall–Kier alpha value is -2.09. The number of aromatic nitrogens is 2. The molecule has 1 amide bonds. The van der Waals surface area contributed by atoms with Crippen LogP contribution in [0.1, 0.15) is 43.5 Å². The van der Waals surface area contributed by atoms with Crippen molar-refractivity contribution in [2.45, 2.75) is 56.9 Å². The number of piperidine rings is 1. The predicted octanol–water partition coefficient (Wildman–Crippen LogP) is 5.00. The molecule has 0 saturated carbocycles. The Kier molecular flexibility index (Phi) is 5.79. The van der Waals surface area contributed by atoms with Gasteiger partial charge < -0.3 is 4.90 Å². The van der Waals surface area contributed by atoms with Crippen LogP contribution in [-0.2, 0) is 23.8 Å². The second-order valence-electron chi connectivity index (χ2n) is 8.20. The van der Waals surface area contributed by atoms with Gasteiger partial charge in [0.1, 0.15) is 0 Å². The van der Waals surface area contributed by atoms with E-state index in [1.165, 1.54) is 0 Å². The van der Waals surface area contributed by atoms with Crippen LogP contribution in [0.2, 0.25) is 0 Å². The first-order chi connectivity index (χ1) is 14.2. The Morgan fingerprint density at radius 2 is 1.93 bits per heavy atom. The summed E-state index contributed by atoms with van der Waals surface area (Å²) in [6.45, 7) is 4.81. The second kappa shape index (κ2) is 8.21. The van der Waals surface area contributed by atoms with Gasteiger partial charge in [0, 0.05) is 23.7 Å². The molecule has 0 spiro atoms. The van der Waals surface area contributed by atoms with E-state index in [4.69, 9.17) is 0 Å². The molecule has 4 rings (SSSR count). The monoisotopic (exact) mass is 435 g/mol. The standard InChI is InChI=1S/C22H24F3N3OS/c1-13-7-8-14(2)28(11-13)18(29)12-30-21-26-19-16-6-4-3-5-15(16)9-10-17(19)20(27-21)22(23,24)25/h3-6,13-14H,7-12H2,1-2H3/t13-,14-/m0/s1. The van der Waals surface area contributed by atoms with Crippen molar-refractivity contribution in [3.8, 4) is 11.3 Å². The number of carbonyl (C=O) groups is 1. The average Bonchev–Trinajstić information content (AvgIpc) is 2.72. The molecule has 0 unspecified atom stereocenters. The number of alkyl halides is 3. The molecule has 1 aromatic carbocycles. The number of benzene rings is 1. The lowest BCUT2D eigenvalue weighted by Gasteiger charge is -2.36. The van der Waals surface area contributed by atoms with Gasteiger partial charge in [0.05, 0.1) is 11.4 Å². The summed E-state index contributed by atoms with van der Waals surface area (Å²) in [6, 6.07) is 7.56. The van der Waals surface area contributed by atoms with Gasteiger partial charge in [0.25, 0.3) is 0 Å². The van der Waals surface area contributed by atoms with Crippen molar-refractivity contribution in [3.05, 3.63) is 41.1 Å². The Morgan fingerprint density at radius 1 is 1.17 bits per heavy atom. The van der Waals surface area contributed by atoms with Crippen LogP contribution in [0.15, 0.2) is 29.4 Å². The molecule has 1 saturated heterocycles. The van der Waals surface area contributed by atoms with E-state index in [1.807, 2.05) is 24.0 Å². The molecule has 160 valence electrons. The molecule has 2 heterocycles. The number of rotatable bonds is 3. The minimum Gasteiger partial charge on any atom is -0.339 e. The fraction of sp³-hybridized carbons (Fsp3) is 0.500. The summed E-state index contributed by atoms with van der Waals surface area (Å²) in [5, 5.41) is 0.00355. The third kappa shape index (κ3) is 4.19. The molecule has 2 aliphatic rings. The molecular formula is C22H24F3N3OS. The lowest BCUT2D eigenvalue weighted by atomic mass is 9.88. The van der Waals surface area contributed by atoms with Gasteiger partial charge in [0.15, 0.2) is 10.9 Å². The number of likely N-dealkylation sites (tertiary alicyclic amines) is 1. The Bertz CT molecular complexity index is 963. The van der Waals surface area contributed by atoms with E-state index in [9.17, 15) is 18.0 Å². The van der Waals surface area contributed by atoms with E-state index in [0.29, 0.717) is 24.6 Å². The summed E-state index contributed by atoms with van der Waals surface area (Å²) in [7, 11) is 0. The molecule has 0 bridgehead atoms. The molecule has 1 aliphatic heterocycles. The molecule has 0 radical (unpaired) electrons. The van der Waals surface area contributed by atoms with E-state index in [0.717, 1.165) is 35.7 Å². The van der Waals surface area contributed by atoms with E-state index in [2.05, 4.69) is 16.9 Å². The second-order valence-corrected chi connectivity index (χ2v) is 9.15. The van der Waals surface area contributed by atoms with Gasteiger partial charge in [-0.25, -0.2) is 9.97 Å². The van der Waals surface area contributed by atoms with Crippen molar-refractivity contribution in [1.82, 2.24) is 14.9 Å². The van der Waals surface area contributed by atoms with Gasteiger partial charge in [-0.1, -0.05) is 43.0 Å². The van der Waals surface area contributed by atoms with Crippen LogP contribution in [0.4, 0.5) is 13.2 Å². The normalized spacial score (nSPS) is 21.2. The van der Waals surface area contributed by atoms with E-state index < -0.39 is 11.9 Å². The lowest BCUT2D eigenvalue weighted by molar-refractivity contribution is -0.142. The van der Waals surface area contributed by atoms with Crippen molar-refractivity contribution < 1.29 is 18.0 Å². The highest BCUT2D eigenvalue weighted by atomic mass is 32.2. The Labute approximate surface area is 178 Å². The number of carbonyl (C=O) groups excluding carboxylic acids is 1. The fourth-order valence-electron chi connectivity index (χ4n) is 4.30. The van der Waals surface area contributed by atoms with Gasteiger partial charge in [-0.15, -0.1) is 0 Å². The number of hydrogen-bond acceptors (Lipinski definition) is 4. The minimum absolute atomic E-state index is 0.00355. The maximum atomic E-state index is 13.7. The summed E-state index contributed by atoms with van der Waals surface area (Å²) in [5.41, 5.74) is 1.32. The smallest absolute Gasteiger partial charge is 0.339 e. The highest BCUT2D eigenvalue weighted by Gasteiger charge is 2.39. The van der Waals surface area contributed by atoms with Crippen LogP contribution in [-0.4, -0.2) is 39.1 Å². The molecule has 2 atom stereocenters. The third-order valence-corrected chi connectivity index (χ3v) is 6.77. The summed E-state index contributed by atoms with van der Waals surface area (Å²) in [4.78, 5) is 22.9. The molecule has 1 aliphatic carbocycles. The zero-order valence-electron chi connectivity index (χ0n) is 17.0. The van der Waals surface area contributed by atoms with Crippen molar-refractivity contribution in [3.63, 3.8) is 0 Å². The highest BCUT2D eigenvalue weighted by Crippen LogP contribution is 2.40. The fourth-order valence-corrected chi connectivity index (χ4v) is 5.03.